The molecule has 1 N–H and O–H groups in total. The summed E-state index contributed by atoms with van der Waals surface area (Å²) in [5.41, 5.74) is 0. The van der Waals surface area contributed by atoms with Crippen LogP contribution in [0.5, 0.6) is 0 Å². The number of ether oxygens (including phenoxy) is 1. The fourth-order valence-corrected chi connectivity index (χ4v) is 1.74. The van der Waals surface area contributed by atoms with Gasteiger partial charge in [-0.1, -0.05) is 0 Å². The summed E-state index contributed by atoms with van der Waals surface area (Å²) in [7, 11) is 1.47. The van der Waals surface area contributed by atoms with Crippen molar-refractivity contribution in [3.8, 4) is 0 Å². The van der Waals surface area contributed by atoms with Crippen molar-refractivity contribution in [2.45, 2.75) is 25.9 Å². The molecular formula is C10H17NO4. The zero-order valence-electron chi connectivity index (χ0n) is 9.10. The van der Waals surface area contributed by atoms with Crippen LogP contribution in [0.1, 0.15) is 19.8 Å². The van der Waals surface area contributed by atoms with E-state index in [-0.39, 0.29) is 5.91 Å². The second-order valence-electron chi connectivity index (χ2n) is 3.84. The first-order chi connectivity index (χ1) is 7.06. The van der Waals surface area contributed by atoms with Crippen molar-refractivity contribution >= 4 is 11.9 Å². The Morgan fingerprint density at radius 3 is 2.73 bits per heavy atom. The molecule has 5 heteroatoms. The largest absolute Gasteiger partial charge is 0.481 e. The van der Waals surface area contributed by atoms with Crippen LogP contribution in [0.15, 0.2) is 0 Å². The SMILES string of the molecule is COC(C)C(=O)N1CCC[C@H](C(=O)O)C1. The summed E-state index contributed by atoms with van der Waals surface area (Å²) in [5.74, 6) is -1.37. The summed E-state index contributed by atoms with van der Waals surface area (Å²) in [6.07, 6.45) is 0.914. The van der Waals surface area contributed by atoms with Gasteiger partial charge >= 0.3 is 5.97 Å². The van der Waals surface area contributed by atoms with Gasteiger partial charge in [-0.25, -0.2) is 0 Å². The van der Waals surface area contributed by atoms with Crippen LogP contribution in [0.3, 0.4) is 0 Å². The third-order valence-corrected chi connectivity index (χ3v) is 2.78. The Labute approximate surface area is 89.0 Å². The molecule has 0 saturated carbocycles. The minimum Gasteiger partial charge on any atom is -0.481 e. The molecule has 1 heterocycles. The number of rotatable bonds is 3. The quantitative estimate of drug-likeness (QED) is 0.737. The highest BCUT2D eigenvalue weighted by Gasteiger charge is 2.29. The maximum Gasteiger partial charge on any atom is 0.308 e. The zero-order chi connectivity index (χ0) is 11.4. The number of methoxy groups -OCH3 is 1. The van der Waals surface area contributed by atoms with Crippen LogP contribution in [0.2, 0.25) is 0 Å². The van der Waals surface area contributed by atoms with Gasteiger partial charge in [0, 0.05) is 20.2 Å². The molecule has 15 heavy (non-hydrogen) atoms. The summed E-state index contributed by atoms with van der Waals surface area (Å²) in [5, 5.41) is 8.86. The van der Waals surface area contributed by atoms with Crippen molar-refractivity contribution in [2.24, 2.45) is 5.92 Å². The molecule has 1 rings (SSSR count). The Morgan fingerprint density at radius 2 is 2.20 bits per heavy atom. The van der Waals surface area contributed by atoms with Gasteiger partial charge in [0.1, 0.15) is 6.10 Å². The van der Waals surface area contributed by atoms with Crippen LogP contribution in [-0.4, -0.2) is 48.2 Å². The highest BCUT2D eigenvalue weighted by molar-refractivity contribution is 5.81. The van der Waals surface area contributed by atoms with Gasteiger partial charge in [-0.3, -0.25) is 9.59 Å². The number of carboxylic acids is 1. The number of carbonyl (C=O) groups excluding carboxylic acids is 1. The monoisotopic (exact) mass is 215 g/mol. The van der Waals surface area contributed by atoms with Gasteiger partial charge < -0.3 is 14.7 Å². The highest BCUT2D eigenvalue weighted by Crippen LogP contribution is 2.17. The van der Waals surface area contributed by atoms with E-state index in [1.54, 1.807) is 11.8 Å². The topological polar surface area (TPSA) is 66.8 Å². The van der Waals surface area contributed by atoms with Crippen LogP contribution in [-0.2, 0) is 14.3 Å². The molecule has 1 saturated heterocycles. The molecule has 1 unspecified atom stereocenters. The normalized spacial score (nSPS) is 23.6. The van der Waals surface area contributed by atoms with E-state index in [0.717, 1.165) is 6.42 Å². The van der Waals surface area contributed by atoms with E-state index in [2.05, 4.69) is 0 Å². The van der Waals surface area contributed by atoms with Crippen molar-refractivity contribution < 1.29 is 19.4 Å². The smallest absolute Gasteiger partial charge is 0.308 e. The molecule has 5 nitrogen and oxygen atoms in total. The van der Waals surface area contributed by atoms with Crippen molar-refractivity contribution in [2.75, 3.05) is 20.2 Å². The molecular weight excluding hydrogens is 198 g/mol. The first-order valence-electron chi connectivity index (χ1n) is 5.10. The average Bonchev–Trinajstić information content (AvgIpc) is 2.27. The molecule has 1 amide bonds. The molecule has 0 aromatic carbocycles. The highest BCUT2D eigenvalue weighted by atomic mass is 16.5. The standard InChI is InChI=1S/C10H17NO4/c1-7(15-2)9(12)11-5-3-4-8(6-11)10(13)14/h7-8H,3-6H2,1-2H3,(H,13,14)/t7?,8-/m0/s1. The van der Waals surface area contributed by atoms with E-state index in [9.17, 15) is 9.59 Å². The molecule has 86 valence electrons. The Balaban J connectivity index is 2.56. The molecule has 1 aliphatic rings. The van der Waals surface area contributed by atoms with E-state index in [1.165, 1.54) is 7.11 Å². The predicted octanol–water partition coefficient (Wildman–Crippen LogP) is 0.344. The van der Waals surface area contributed by atoms with Gasteiger partial charge in [-0.2, -0.15) is 0 Å². The Bertz CT molecular complexity index is 254. The minimum absolute atomic E-state index is 0.122. The first kappa shape index (κ1) is 12.0. The second kappa shape index (κ2) is 5.11. The summed E-state index contributed by atoms with van der Waals surface area (Å²) < 4.78 is 4.92. The van der Waals surface area contributed by atoms with E-state index in [4.69, 9.17) is 9.84 Å². The van der Waals surface area contributed by atoms with Crippen LogP contribution in [0, 0.1) is 5.92 Å². The minimum atomic E-state index is -0.822. The third kappa shape index (κ3) is 2.92. The van der Waals surface area contributed by atoms with Gasteiger partial charge in [0.25, 0.3) is 5.91 Å². The van der Waals surface area contributed by atoms with Crippen molar-refractivity contribution in [3.63, 3.8) is 0 Å². The lowest BCUT2D eigenvalue weighted by Gasteiger charge is -2.32. The van der Waals surface area contributed by atoms with Crippen molar-refractivity contribution in [1.29, 1.82) is 0 Å². The molecule has 0 bridgehead atoms. The van der Waals surface area contributed by atoms with E-state index < -0.39 is 18.0 Å². The van der Waals surface area contributed by atoms with E-state index in [0.29, 0.717) is 19.5 Å². The fraction of sp³-hybridized carbons (Fsp3) is 0.800. The lowest BCUT2D eigenvalue weighted by molar-refractivity contribution is -0.149. The maximum atomic E-state index is 11.7. The Morgan fingerprint density at radius 1 is 1.53 bits per heavy atom. The first-order valence-corrected chi connectivity index (χ1v) is 5.10. The number of carbonyl (C=O) groups is 2. The average molecular weight is 215 g/mol. The van der Waals surface area contributed by atoms with Crippen LogP contribution < -0.4 is 0 Å². The number of likely N-dealkylation sites (tertiary alicyclic amines) is 1. The van der Waals surface area contributed by atoms with E-state index in [1.807, 2.05) is 0 Å². The van der Waals surface area contributed by atoms with Gasteiger partial charge in [-0.05, 0) is 19.8 Å². The number of nitrogens with zero attached hydrogens (tertiary/aromatic N) is 1. The van der Waals surface area contributed by atoms with Crippen molar-refractivity contribution in [3.05, 3.63) is 0 Å². The molecule has 0 aromatic heterocycles. The van der Waals surface area contributed by atoms with E-state index >= 15 is 0 Å². The molecule has 0 aliphatic carbocycles. The molecule has 1 aliphatic heterocycles. The maximum absolute atomic E-state index is 11.7. The zero-order valence-corrected chi connectivity index (χ0v) is 9.10. The summed E-state index contributed by atoms with van der Waals surface area (Å²) in [6.45, 7) is 2.62. The Hall–Kier alpha value is -1.10. The molecule has 0 aromatic rings. The lowest BCUT2D eigenvalue weighted by atomic mass is 9.98. The second-order valence-corrected chi connectivity index (χ2v) is 3.84. The van der Waals surface area contributed by atoms with Gasteiger partial charge in [-0.15, -0.1) is 0 Å². The Kier molecular flexibility index (Phi) is 4.08. The number of amides is 1. The molecule has 0 spiro atoms. The van der Waals surface area contributed by atoms with Crippen LogP contribution >= 0.6 is 0 Å². The van der Waals surface area contributed by atoms with Gasteiger partial charge in [0.15, 0.2) is 0 Å². The molecule has 1 fully saturated rings. The third-order valence-electron chi connectivity index (χ3n) is 2.78. The van der Waals surface area contributed by atoms with Gasteiger partial charge in [0.2, 0.25) is 0 Å². The summed E-state index contributed by atoms with van der Waals surface area (Å²) >= 11 is 0. The number of piperidine rings is 1. The number of aliphatic carboxylic acids is 1. The lowest BCUT2D eigenvalue weighted by Crippen LogP contribution is -2.46. The number of hydrogen-bond acceptors (Lipinski definition) is 3. The fourth-order valence-electron chi connectivity index (χ4n) is 1.74. The summed E-state index contributed by atoms with van der Waals surface area (Å²) in [4.78, 5) is 24.1. The van der Waals surface area contributed by atoms with Gasteiger partial charge in [0.05, 0.1) is 5.92 Å². The number of hydrogen-bond donors (Lipinski definition) is 1. The predicted molar refractivity (Wildman–Crippen MR) is 53.4 cm³/mol. The summed E-state index contributed by atoms with van der Waals surface area (Å²) in [6, 6.07) is 0. The number of carboxylic acid groups (broad SMARTS) is 1. The molecule has 2 atom stereocenters. The van der Waals surface area contributed by atoms with Crippen LogP contribution in [0.25, 0.3) is 0 Å². The molecule has 0 radical (unpaired) electrons. The van der Waals surface area contributed by atoms with Crippen LogP contribution in [0.4, 0.5) is 0 Å². The van der Waals surface area contributed by atoms with Crippen molar-refractivity contribution in [1.82, 2.24) is 4.90 Å².